The number of hydrogen-bond donors (Lipinski definition) is 0. The molecule has 0 bridgehead atoms. The van der Waals surface area contributed by atoms with E-state index in [0.29, 0.717) is 6.61 Å². The molecule has 0 unspecified atom stereocenters. The smallest absolute Gasteiger partial charge is 0.467 e. The van der Waals surface area contributed by atoms with Crippen molar-refractivity contribution in [3.8, 4) is 0 Å². The summed E-state index contributed by atoms with van der Waals surface area (Å²) in [5, 5.41) is 0.157. The molecule has 1 aliphatic heterocycles. The van der Waals surface area contributed by atoms with Crippen LogP contribution in [0.3, 0.4) is 0 Å². The first-order chi connectivity index (χ1) is 16.6. The maximum absolute atomic E-state index is 12.5. The van der Waals surface area contributed by atoms with E-state index < -0.39 is 33.6 Å². The van der Waals surface area contributed by atoms with Gasteiger partial charge in [0, 0.05) is 6.21 Å². The molecule has 1 heterocycles. The lowest BCUT2D eigenvalue weighted by molar-refractivity contribution is -0.150. The Bertz CT molecular complexity index is 1010. The molecule has 35 heavy (non-hydrogen) atoms. The van der Waals surface area contributed by atoms with Crippen LogP contribution in [0.1, 0.15) is 51.3 Å². The van der Waals surface area contributed by atoms with Gasteiger partial charge in [0.2, 0.25) is 0 Å². The van der Waals surface area contributed by atoms with Crippen LogP contribution < -0.4 is 5.46 Å². The van der Waals surface area contributed by atoms with Gasteiger partial charge in [0.1, 0.15) is 6.10 Å². The quantitative estimate of drug-likeness (QED) is 0.280. The highest BCUT2D eigenvalue weighted by atomic mass is 28.4. The molecule has 1 aliphatic rings. The Hall–Kier alpha value is -2.26. The minimum absolute atomic E-state index is 0.0579. The van der Waals surface area contributed by atoms with Gasteiger partial charge in [0.15, 0.2) is 14.4 Å². The minimum Gasteiger partial charge on any atom is -0.467 e. The predicted octanol–water partition coefficient (Wildman–Crippen LogP) is 4.93. The number of rotatable bonds is 9. The van der Waals surface area contributed by atoms with Gasteiger partial charge in [0.25, 0.3) is 0 Å². The second kappa shape index (κ2) is 11.7. The van der Waals surface area contributed by atoms with Gasteiger partial charge >= 0.3 is 13.1 Å². The second-order valence-electron chi connectivity index (χ2n) is 10.4. The highest BCUT2D eigenvalue weighted by Crippen LogP contribution is 2.36. The zero-order chi connectivity index (χ0) is 25.6. The summed E-state index contributed by atoms with van der Waals surface area (Å²) in [5.74, 6) is -0.457. The van der Waals surface area contributed by atoms with Gasteiger partial charge in [-0.2, -0.15) is 0 Å². The molecule has 3 atom stereocenters. The molecule has 8 heteroatoms. The van der Waals surface area contributed by atoms with Gasteiger partial charge in [-0.25, -0.2) is 4.79 Å². The van der Waals surface area contributed by atoms with Crippen molar-refractivity contribution in [2.45, 2.75) is 70.5 Å². The lowest BCUT2D eigenvalue weighted by Crippen LogP contribution is -2.42. The fourth-order valence-corrected chi connectivity index (χ4v) is 4.64. The molecule has 3 rings (SSSR count). The van der Waals surface area contributed by atoms with E-state index in [1.807, 2.05) is 60.8 Å². The number of hydrogen-bond acceptors (Lipinski definition) is 6. The van der Waals surface area contributed by atoms with E-state index in [1.165, 1.54) is 7.11 Å². The summed E-state index contributed by atoms with van der Waals surface area (Å²) in [7, 11) is -1.20. The van der Waals surface area contributed by atoms with Crippen LogP contribution >= 0.6 is 0 Å². The van der Waals surface area contributed by atoms with Crippen LogP contribution in [0, 0.1) is 0 Å². The Balaban J connectivity index is 1.79. The van der Waals surface area contributed by atoms with Crippen molar-refractivity contribution in [1.82, 2.24) is 0 Å². The van der Waals surface area contributed by atoms with E-state index in [1.54, 1.807) is 0 Å². The summed E-state index contributed by atoms with van der Waals surface area (Å²) in [4.78, 5) is 17.3. The number of aliphatic imine (C=N–C) groups is 1. The number of carbonyl (C=O) groups excluding carboxylic acids is 1. The van der Waals surface area contributed by atoms with Crippen molar-refractivity contribution in [3.05, 3.63) is 65.7 Å². The molecule has 188 valence electrons. The molecule has 1 fully saturated rings. The molecule has 0 spiro atoms. The molecule has 0 saturated carbocycles. The highest BCUT2D eigenvalue weighted by molar-refractivity contribution is 6.74. The Morgan fingerprint density at radius 3 is 2.40 bits per heavy atom. The van der Waals surface area contributed by atoms with E-state index in [0.717, 1.165) is 23.0 Å². The summed E-state index contributed by atoms with van der Waals surface area (Å²) in [5.41, 5.74) is 2.58. The first kappa shape index (κ1) is 27.3. The van der Waals surface area contributed by atoms with E-state index in [2.05, 4.69) is 40.8 Å². The van der Waals surface area contributed by atoms with Crippen LogP contribution in [0.5, 0.6) is 0 Å². The van der Waals surface area contributed by atoms with Crippen molar-refractivity contribution < 1.29 is 23.3 Å². The first-order valence-electron chi connectivity index (χ1n) is 12.3. The summed E-state index contributed by atoms with van der Waals surface area (Å²) in [6.45, 7) is 14.0. The van der Waals surface area contributed by atoms with Gasteiger partial charge in [-0.05, 0) is 41.1 Å². The zero-order valence-corrected chi connectivity index (χ0v) is 23.0. The van der Waals surface area contributed by atoms with Crippen molar-refractivity contribution in [1.29, 1.82) is 0 Å². The molecular weight excluding hydrogens is 457 g/mol. The first-order valence-corrected chi connectivity index (χ1v) is 15.2. The average molecular weight is 496 g/mol. The monoisotopic (exact) mass is 495 g/mol. The van der Waals surface area contributed by atoms with Crippen LogP contribution in [0.15, 0.2) is 59.6 Å². The largest absolute Gasteiger partial charge is 0.495 e. The molecule has 6 nitrogen and oxygen atoms in total. The van der Waals surface area contributed by atoms with Crippen molar-refractivity contribution >= 4 is 33.1 Å². The van der Waals surface area contributed by atoms with Crippen LogP contribution in [-0.2, 0) is 23.3 Å². The molecular formula is C27H38BNO5Si. The van der Waals surface area contributed by atoms with Crippen LogP contribution in [0.4, 0.5) is 0 Å². The summed E-state index contributed by atoms with van der Waals surface area (Å²) < 4.78 is 23.8. The molecule has 0 aliphatic carbocycles. The number of carbonyl (C=O) groups is 1. The summed E-state index contributed by atoms with van der Waals surface area (Å²) in [6.07, 6.45) is 1.34. The lowest BCUT2D eigenvalue weighted by Gasteiger charge is -2.36. The maximum Gasteiger partial charge on any atom is 0.495 e. The van der Waals surface area contributed by atoms with Crippen molar-refractivity contribution in [2.75, 3.05) is 13.7 Å². The number of ether oxygens (including phenoxy) is 1. The number of esters is 1. The molecule has 1 saturated heterocycles. The second-order valence-corrected chi connectivity index (χ2v) is 15.2. The SMILES string of the molecule is CC[C@H](CO[Si](C)(C)C(C)(C)C)N=Cc1ccccc1B1O[C@@H](C(=O)OC)[C@H](c2ccccc2)O1. The normalized spacial score (nSPS) is 19.8. The molecule has 0 N–H and O–H groups in total. The number of methoxy groups -OCH3 is 1. The van der Waals surface area contributed by atoms with Gasteiger partial charge in [-0.15, -0.1) is 0 Å². The Morgan fingerprint density at radius 2 is 1.77 bits per heavy atom. The predicted molar refractivity (Wildman–Crippen MR) is 144 cm³/mol. The van der Waals surface area contributed by atoms with Gasteiger partial charge in [-0.1, -0.05) is 82.3 Å². The van der Waals surface area contributed by atoms with Crippen LogP contribution in [-0.4, -0.2) is 53.5 Å². The standard InChI is InChI=1S/C27H38BNO5Si/c1-8-22(19-32-35(6,7)27(2,3)4)29-18-21-16-12-13-17-23(21)28-33-24(20-14-10-9-11-15-20)25(34-28)26(30)31-5/h9-18,22,24-25H,8,19H2,1-7H3/t22-,24+,25-/m1/s1. The Kier molecular flexibility index (Phi) is 9.10. The topological polar surface area (TPSA) is 66.4 Å². The fraction of sp³-hybridized carbons (Fsp3) is 0.481. The lowest BCUT2D eigenvalue weighted by atomic mass is 9.76. The molecule has 2 aromatic rings. The summed E-state index contributed by atoms with van der Waals surface area (Å²) >= 11 is 0. The van der Waals surface area contributed by atoms with Crippen LogP contribution in [0.25, 0.3) is 0 Å². The third-order valence-electron chi connectivity index (χ3n) is 6.97. The average Bonchev–Trinajstić information content (AvgIpc) is 3.29. The highest BCUT2D eigenvalue weighted by Gasteiger charge is 2.46. The summed E-state index contributed by atoms with van der Waals surface area (Å²) in [6, 6.07) is 17.5. The van der Waals surface area contributed by atoms with E-state index in [9.17, 15) is 4.79 Å². The number of benzene rings is 2. The molecule has 0 aromatic heterocycles. The molecule has 0 amide bonds. The van der Waals surface area contributed by atoms with Crippen LogP contribution in [0.2, 0.25) is 18.1 Å². The third-order valence-corrected chi connectivity index (χ3v) is 11.5. The van der Waals surface area contributed by atoms with E-state index in [-0.39, 0.29) is 11.1 Å². The van der Waals surface area contributed by atoms with Crippen molar-refractivity contribution in [2.24, 2.45) is 4.99 Å². The van der Waals surface area contributed by atoms with Gasteiger partial charge < -0.3 is 18.5 Å². The van der Waals surface area contributed by atoms with Gasteiger partial charge in [-0.3, -0.25) is 4.99 Å². The Labute approximate surface area is 211 Å². The zero-order valence-electron chi connectivity index (χ0n) is 22.0. The fourth-order valence-electron chi connectivity index (χ4n) is 3.60. The molecule has 2 aromatic carbocycles. The number of nitrogens with zero attached hydrogens (tertiary/aromatic N) is 1. The third kappa shape index (κ3) is 6.70. The molecule has 0 radical (unpaired) electrons. The maximum atomic E-state index is 12.5. The minimum atomic E-state index is -1.84. The van der Waals surface area contributed by atoms with E-state index in [4.69, 9.17) is 23.5 Å². The van der Waals surface area contributed by atoms with Crippen molar-refractivity contribution in [3.63, 3.8) is 0 Å². The Morgan fingerprint density at radius 1 is 1.11 bits per heavy atom. The van der Waals surface area contributed by atoms with E-state index >= 15 is 0 Å². The van der Waals surface area contributed by atoms with Gasteiger partial charge in [0.05, 0.1) is 19.8 Å².